The average molecular weight is 320 g/mol. The number of likely N-dealkylation sites (tertiary alicyclic amines) is 1. The lowest BCUT2D eigenvalue weighted by Crippen LogP contribution is -2.42. The maximum absolute atomic E-state index is 12.9. The molecule has 0 aromatic carbocycles. The van der Waals surface area contributed by atoms with E-state index in [1.165, 1.54) is 6.42 Å². The normalized spacial score (nSPS) is 28.6. The summed E-state index contributed by atoms with van der Waals surface area (Å²) in [5.74, 6) is 3.79. The van der Waals surface area contributed by atoms with Gasteiger partial charge in [0, 0.05) is 25.0 Å². The first-order valence-corrected chi connectivity index (χ1v) is 9.27. The molecule has 0 bridgehead atoms. The molecule has 5 heteroatoms. The molecule has 22 heavy (non-hydrogen) atoms. The maximum atomic E-state index is 12.9. The molecule has 2 aliphatic rings. The number of thioether (sulfide) groups is 1. The topological polar surface area (TPSA) is 42.4 Å². The van der Waals surface area contributed by atoms with Crippen LogP contribution in [0.3, 0.4) is 0 Å². The zero-order valence-electron chi connectivity index (χ0n) is 13.3. The summed E-state index contributed by atoms with van der Waals surface area (Å²) in [6.07, 6.45) is 4.12. The fourth-order valence-electron chi connectivity index (χ4n) is 3.41. The van der Waals surface area contributed by atoms with E-state index in [2.05, 4.69) is 18.8 Å². The van der Waals surface area contributed by atoms with Crippen molar-refractivity contribution in [3.63, 3.8) is 0 Å². The summed E-state index contributed by atoms with van der Waals surface area (Å²) in [4.78, 5) is 19.2. The SMILES string of the molecule is CC1CC(C)CN(C(=O)c2cccnc2OC2CCSC2)C1. The van der Waals surface area contributed by atoms with Crippen LogP contribution in [0, 0.1) is 11.8 Å². The van der Waals surface area contributed by atoms with Gasteiger partial charge in [-0.2, -0.15) is 11.8 Å². The highest BCUT2D eigenvalue weighted by Crippen LogP contribution is 2.27. The molecule has 1 aromatic heterocycles. The fraction of sp³-hybridized carbons (Fsp3) is 0.647. The monoisotopic (exact) mass is 320 g/mol. The van der Waals surface area contributed by atoms with Crippen LogP contribution in [0.2, 0.25) is 0 Å². The van der Waals surface area contributed by atoms with E-state index in [1.807, 2.05) is 28.8 Å². The molecule has 0 saturated carbocycles. The van der Waals surface area contributed by atoms with Gasteiger partial charge in [-0.15, -0.1) is 0 Å². The third-order valence-electron chi connectivity index (χ3n) is 4.32. The van der Waals surface area contributed by atoms with Crippen LogP contribution >= 0.6 is 11.8 Å². The summed E-state index contributed by atoms with van der Waals surface area (Å²) in [7, 11) is 0. The number of aromatic nitrogens is 1. The highest BCUT2D eigenvalue weighted by atomic mass is 32.2. The van der Waals surface area contributed by atoms with E-state index < -0.39 is 0 Å². The van der Waals surface area contributed by atoms with Gasteiger partial charge in [-0.25, -0.2) is 4.98 Å². The van der Waals surface area contributed by atoms with E-state index in [-0.39, 0.29) is 12.0 Å². The summed E-state index contributed by atoms with van der Waals surface area (Å²) in [5, 5.41) is 0. The Kier molecular flexibility index (Phi) is 4.91. The van der Waals surface area contributed by atoms with Crippen LogP contribution < -0.4 is 4.74 Å². The van der Waals surface area contributed by atoms with E-state index in [4.69, 9.17) is 4.74 Å². The van der Waals surface area contributed by atoms with E-state index in [0.29, 0.717) is 23.3 Å². The number of hydrogen-bond donors (Lipinski definition) is 0. The fourth-order valence-corrected chi connectivity index (χ4v) is 4.50. The number of nitrogens with zero attached hydrogens (tertiary/aromatic N) is 2. The Hall–Kier alpha value is -1.23. The van der Waals surface area contributed by atoms with E-state index in [9.17, 15) is 4.79 Å². The van der Waals surface area contributed by atoms with Gasteiger partial charge < -0.3 is 9.64 Å². The molecule has 3 unspecified atom stereocenters. The second-order valence-electron chi connectivity index (χ2n) is 6.62. The standard InChI is InChI=1S/C17H24N2O2S/c1-12-8-13(2)10-19(9-12)17(20)15-4-3-6-18-16(15)21-14-5-7-22-11-14/h3-4,6,12-14H,5,7-11H2,1-2H3. The first kappa shape index (κ1) is 15.7. The quantitative estimate of drug-likeness (QED) is 0.858. The van der Waals surface area contributed by atoms with Gasteiger partial charge in [-0.05, 0) is 42.6 Å². The molecule has 2 fully saturated rings. The molecule has 0 radical (unpaired) electrons. The minimum atomic E-state index is 0.0622. The van der Waals surface area contributed by atoms with Crippen LogP contribution in [0.15, 0.2) is 18.3 Å². The van der Waals surface area contributed by atoms with Crippen LogP contribution in [-0.4, -0.2) is 46.5 Å². The molecule has 3 heterocycles. The first-order chi connectivity index (χ1) is 10.6. The molecule has 1 aromatic rings. The van der Waals surface area contributed by atoms with Crippen molar-refractivity contribution in [1.82, 2.24) is 9.88 Å². The largest absolute Gasteiger partial charge is 0.473 e. The summed E-state index contributed by atoms with van der Waals surface area (Å²) in [6, 6.07) is 3.66. The van der Waals surface area contributed by atoms with Crippen molar-refractivity contribution in [1.29, 1.82) is 0 Å². The van der Waals surface area contributed by atoms with Crippen molar-refractivity contribution >= 4 is 17.7 Å². The third kappa shape index (κ3) is 3.57. The zero-order chi connectivity index (χ0) is 15.5. The molecule has 2 saturated heterocycles. The smallest absolute Gasteiger partial charge is 0.259 e. The highest BCUT2D eigenvalue weighted by molar-refractivity contribution is 7.99. The van der Waals surface area contributed by atoms with Gasteiger partial charge in [-0.1, -0.05) is 13.8 Å². The summed E-state index contributed by atoms with van der Waals surface area (Å²) < 4.78 is 5.99. The molecule has 0 N–H and O–H groups in total. The Morgan fingerprint density at radius 3 is 2.82 bits per heavy atom. The predicted molar refractivity (Wildman–Crippen MR) is 89.4 cm³/mol. The minimum absolute atomic E-state index is 0.0622. The number of pyridine rings is 1. The van der Waals surface area contributed by atoms with Crippen LogP contribution in [0.25, 0.3) is 0 Å². The van der Waals surface area contributed by atoms with Crippen molar-refractivity contribution in [2.45, 2.75) is 32.8 Å². The van der Waals surface area contributed by atoms with Crippen LogP contribution in [0.1, 0.15) is 37.0 Å². The average Bonchev–Trinajstić information content (AvgIpc) is 2.99. The molecule has 3 rings (SSSR count). The molecular formula is C17H24N2O2S. The Morgan fingerprint density at radius 1 is 1.36 bits per heavy atom. The Labute approximate surface area is 136 Å². The molecule has 120 valence electrons. The summed E-state index contributed by atoms with van der Waals surface area (Å²) in [5.41, 5.74) is 0.612. The Balaban J connectivity index is 1.76. The lowest BCUT2D eigenvalue weighted by Gasteiger charge is -2.35. The van der Waals surface area contributed by atoms with Crippen LogP contribution in [0.5, 0.6) is 5.88 Å². The molecule has 2 aliphatic heterocycles. The van der Waals surface area contributed by atoms with Gasteiger partial charge in [0.15, 0.2) is 0 Å². The second-order valence-corrected chi connectivity index (χ2v) is 7.77. The lowest BCUT2D eigenvalue weighted by atomic mass is 9.91. The number of amides is 1. The Morgan fingerprint density at radius 2 is 2.14 bits per heavy atom. The van der Waals surface area contributed by atoms with Gasteiger partial charge in [0.2, 0.25) is 5.88 Å². The summed E-state index contributed by atoms with van der Waals surface area (Å²) in [6.45, 7) is 6.09. The van der Waals surface area contributed by atoms with Crippen molar-refractivity contribution in [3.05, 3.63) is 23.9 Å². The van der Waals surface area contributed by atoms with E-state index in [1.54, 1.807) is 6.20 Å². The highest BCUT2D eigenvalue weighted by Gasteiger charge is 2.29. The number of piperidine rings is 1. The predicted octanol–water partition coefficient (Wildman–Crippen LogP) is 3.08. The Bertz CT molecular complexity index is 521. The lowest BCUT2D eigenvalue weighted by molar-refractivity contribution is 0.0615. The van der Waals surface area contributed by atoms with Gasteiger partial charge in [0.05, 0.1) is 0 Å². The van der Waals surface area contributed by atoms with Crippen molar-refractivity contribution in [2.75, 3.05) is 24.6 Å². The van der Waals surface area contributed by atoms with Gasteiger partial charge in [0.1, 0.15) is 11.7 Å². The van der Waals surface area contributed by atoms with Gasteiger partial charge in [-0.3, -0.25) is 4.79 Å². The molecule has 0 spiro atoms. The zero-order valence-corrected chi connectivity index (χ0v) is 14.1. The number of carbonyl (C=O) groups is 1. The second kappa shape index (κ2) is 6.90. The number of rotatable bonds is 3. The van der Waals surface area contributed by atoms with Crippen molar-refractivity contribution < 1.29 is 9.53 Å². The molecule has 3 atom stereocenters. The van der Waals surface area contributed by atoms with Crippen LogP contribution in [0.4, 0.5) is 0 Å². The third-order valence-corrected chi connectivity index (χ3v) is 5.46. The molecule has 0 aliphatic carbocycles. The number of hydrogen-bond acceptors (Lipinski definition) is 4. The summed E-state index contributed by atoms with van der Waals surface area (Å²) >= 11 is 1.90. The number of ether oxygens (including phenoxy) is 1. The molecule has 4 nitrogen and oxygen atoms in total. The minimum Gasteiger partial charge on any atom is -0.473 e. The maximum Gasteiger partial charge on any atom is 0.259 e. The van der Waals surface area contributed by atoms with Crippen molar-refractivity contribution in [3.8, 4) is 5.88 Å². The first-order valence-electron chi connectivity index (χ1n) is 8.12. The number of carbonyl (C=O) groups excluding carboxylic acids is 1. The van der Waals surface area contributed by atoms with Gasteiger partial charge >= 0.3 is 0 Å². The van der Waals surface area contributed by atoms with Gasteiger partial charge in [0.25, 0.3) is 5.91 Å². The molecule has 1 amide bonds. The molecular weight excluding hydrogens is 296 g/mol. The van der Waals surface area contributed by atoms with E-state index >= 15 is 0 Å². The van der Waals surface area contributed by atoms with Crippen LogP contribution in [-0.2, 0) is 0 Å². The van der Waals surface area contributed by atoms with E-state index in [0.717, 1.165) is 31.0 Å². The van der Waals surface area contributed by atoms with Crippen molar-refractivity contribution in [2.24, 2.45) is 11.8 Å².